The normalized spacial score (nSPS) is 14.3. The van der Waals surface area contributed by atoms with E-state index in [0.29, 0.717) is 0 Å². The van der Waals surface area contributed by atoms with Crippen molar-refractivity contribution in [1.82, 2.24) is 5.32 Å². The summed E-state index contributed by atoms with van der Waals surface area (Å²) < 4.78 is 0. The van der Waals surface area contributed by atoms with E-state index in [9.17, 15) is 9.59 Å². The summed E-state index contributed by atoms with van der Waals surface area (Å²) >= 11 is 1.49. The highest BCUT2D eigenvalue weighted by Gasteiger charge is 2.20. The minimum absolute atomic E-state index is 0.257. The van der Waals surface area contributed by atoms with Crippen LogP contribution in [-0.4, -0.2) is 23.0 Å². The van der Waals surface area contributed by atoms with E-state index in [-0.39, 0.29) is 11.8 Å². The van der Waals surface area contributed by atoms with Crippen LogP contribution in [0.2, 0.25) is 0 Å². The van der Waals surface area contributed by atoms with E-state index in [1.165, 1.54) is 18.3 Å². The zero-order valence-corrected chi connectivity index (χ0v) is 9.38. The Hall–Kier alpha value is -1.36. The highest BCUT2D eigenvalue weighted by molar-refractivity contribution is 7.10. The molecule has 1 unspecified atom stereocenters. The van der Waals surface area contributed by atoms with Crippen LogP contribution in [0.3, 0.4) is 0 Å². The van der Waals surface area contributed by atoms with Crippen molar-refractivity contribution >= 4 is 23.2 Å². The molecule has 0 saturated carbocycles. The van der Waals surface area contributed by atoms with Crippen LogP contribution in [0, 0.1) is 0 Å². The number of carboxylic acid groups (broad SMARTS) is 1. The third kappa shape index (κ3) is 3.06. The lowest BCUT2D eigenvalue weighted by Gasteiger charge is -2.13. The minimum atomic E-state index is -1.03. The zero-order chi connectivity index (χ0) is 11.4. The quantitative estimate of drug-likeness (QED) is 0.818. The van der Waals surface area contributed by atoms with Gasteiger partial charge in [-0.3, -0.25) is 9.59 Å². The molecule has 5 heteroatoms. The summed E-state index contributed by atoms with van der Waals surface area (Å²) in [5, 5.41) is 13.0. The Morgan fingerprint density at radius 1 is 1.47 bits per heavy atom. The third-order valence-electron chi connectivity index (χ3n) is 2.09. The number of carbonyl (C=O) groups is 2. The van der Waals surface area contributed by atoms with Gasteiger partial charge in [-0.2, -0.15) is 0 Å². The summed E-state index contributed by atoms with van der Waals surface area (Å²) in [5.74, 6) is -1.58. The van der Waals surface area contributed by atoms with E-state index in [1.54, 1.807) is 6.92 Å². The van der Waals surface area contributed by atoms with Gasteiger partial charge in [0.05, 0.1) is 5.92 Å². The average Bonchev–Trinajstić information content (AvgIpc) is 2.68. The zero-order valence-electron chi connectivity index (χ0n) is 8.56. The standard InChI is InChI=1S/C10H13NO3S/c1-6(8-4-3-5-15-8)9(12)11-7(2)10(13)14/h3-7H,1-2H3,(H,11,12)(H,13,14)/t6?,7-/m1/s1. The summed E-state index contributed by atoms with van der Waals surface area (Å²) in [4.78, 5) is 23.1. The van der Waals surface area contributed by atoms with E-state index in [1.807, 2.05) is 17.5 Å². The molecule has 0 fully saturated rings. The number of thiophene rings is 1. The lowest BCUT2D eigenvalue weighted by molar-refractivity contribution is -0.141. The molecule has 2 N–H and O–H groups in total. The van der Waals surface area contributed by atoms with Gasteiger partial charge in [0.15, 0.2) is 0 Å². The summed E-state index contributed by atoms with van der Waals surface area (Å²) in [6.45, 7) is 3.21. The monoisotopic (exact) mass is 227 g/mol. The van der Waals surface area contributed by atoms with Crippen molar-refractivity contribution in [3.63, 3.8) is 0 Å². The maximum atomic E-state index is 11.6. The summed E-state index contributed by atoms with van der Waals surface area (Å²) in [5.41, 5.74) is 0. The molecular formula is C10H13NO3S. The van der Waals surface area contributed by atoms with Crippen LogP contribution in [0.15, 0.2) is 17.5 Å². The van der Waals surface area contributed by atoms with E-state index >= 15 is 0 Å². The number of carboxylic acids is 1. The summed E-state index contributed by atoms with van der Waals surface area (Å²) in [7, 11) is 0. The Morgan fingerprint density at radius 2 is 2.13 bits per heavy atom. The molecule has 0 radical (unpaired) electrons. The number of amides is 1. The predicted molar refractivity (Wildman–Crippen MR) is 58.0 cm³/mol. The highest BCUT2D eigenvalue weighted by Crippen LogP contribution is 2.20. The average molecular weight is 227 g/mol. The second-order valence-electron chi connectivity index (χ2n) is 3.31. The number of rotatable bonds is 4. The van der Waals surface area contributed by atoms with Crippen LogP contribution in [0.1, 0.15) is 24.6 Å². The molecule has 0 aromatic carbocycles. The van der Waals surface area contributed by atoms with Crippen molar-refractivity contribution in [2.75, 3.05) is 0 Å². The van der Waals surface area contributed by atoms with E-state index in [0.717, 1.165) is 4.88 Å². The molecule has 0 spiro atoms. The number of hydrogen-bond acceptors (Lipinski definition) is 3. The molecule has 2 atom stereocenters. The number of nitrogens with one attached hydrogen (secondary N) is 1. The first kappa shape index (κ1) is 11.7. The molecule has 0 aliphatic rings. The molecule has 0 saturated heterocycles. The van der Waals surface area contributed by atoms with Crippen LogP contribution >= 0.6 is 11.3 Å². The van der Waals surface area contributed by atoms with E-state index in [2.05, 4.69) is 5.32 Å². The maximum absolute atomic E-state index is 11.6. The van der Waals surface area contributed by atoms with Gasteiger partial charge in [0.1, 0.15) is 6.04 Å². The molecule has 1 aromatic rings. The SMILES string of the molecule is CC(C(=O)N[C@H](C)C(=O)O)c1cccs1. The van der Waals surface area contributed by atoms with Crippen molar-refractivity contribution in [2.24, 2.45) is 0 Å². The van der Waals surface area contributed by atoms with Crippen LogP contribution < -0.4 is 5.32 Å². The summed E-state index contributed by atoms with van der Waals surface area (Å²) in [6.07, 6.45) is 0. The molecule has 0 aliphatic heterocycles. The summed E-state index contributed by atoms with van der Waals surface area (Å²) in [6, 6.07) is 2.88. The molecule has 1 heterocycles. The first-order chi connectivity index (χ1) is 7.02. The largest absolute Gasteiger partial charge is 0.480 e. The second kappa shape index (κ2) is 4.93. The van der Waals surface area contributed by atoms with Gasteiger partial charge in [0.25, 0.3) is 0 Å². The van der Waals surface area contributed by atoms with Crippen molar-refractivity contribution in [2.45, 2.75) is 25.8 Å². The Labute approximate surface area is 91.9 Å². The molecule has 1 rings (SSSR count). The van der Waals surface area contributed by atoms with Gasteiger partial charge >= 0.3 is 5.97 Å². The molecule has 1 aromatic heterocycles. The van der Waals surface area contributed by atoms with Gasteiger partial charge in [-0.05, 0) is 25.3 Å². The fourth-order valence-corrected chi connectivity index (χ4v) is 1.85. The first-order valence-electron chi connectivity index (χ1n) is 4.59. The van der Waals surface area contributed by atoms with Gasteiger partial charge in [-0.25, -0.2) is 0 Å². The molecule has 15 heavy (non-hydrogen) atoms. The fourth-order valence-electron chi connectivity index (χ4n) is 1.07. The van der Waals surface area contributed by atoms with Crippen molar-refractivity contribution in [3.8, 4) is 0 Å². The topological polar surface area (TPSA) is 66.4 Å². The Morgan fingerprint density at radius 3 is 2.60 bits per heavy atom. The van der Waals surface area contributed by atoms with E-state index in [4.69, 9.17) is 5.11 Å². The Balaban J connectivity index is 2.58. The van der Waals surface area contributed by atoms with Gasteiger partial charge in [0, 0.05) is 4.88 Å². The van der Waals surface area contributed by atoms with Gasteiger partial charge in [0.2, 0.25) is 5.91 Å². The van der Waals surface area contributed by atoms with Gasteiger partial charge in [-0.15, -0.1) is 11.3 Å². The smallest absolute Gasteiger partial charge is 0.325 e. The lowest BCUT2D eigenvalue weighted by atomic mass is 10.1. The van der Waals surface area contributed by atoms with Crippen LogP contribution in [0.4, 0.5) is 0 Å². The van der Waals surface area contributed by atoms with E-state index < -0.39 is 12.0 Å². The lowest BCUT2D eigenvalue weighted by Crippen LogP contribution is -2.40. The third-order valence-corrected chi connectivity index (χ3v) is 3.15. The minimum Gasteiger partial charge on any atom is -0.480 e. The molecule has 0 bridgehead atoms. The van der Waals surface area contributed by atoms with Gasteiger partial charge in [-0.1, -0.05) is 6.07 Å². The molecule has 1 amide bonds. The van der Waals surface area contributed by atoms with Crippen molar-refractivity contribution in [3.05, 3.63) is 22.4 Å². The molecular weight excluding hydrogens is 214 g/mol. The maximum Gasteiger partial charge on any atom is 0.325 e. The van der Waals surface area contributed by atoms with Crippen molar-refractivity contribution < 1.29 is 14.7 Å². The highest BCUT2D eigenvalue weighted by atomic mass is 32.1. The van der Waals surface area contributed by atoms with Crippen LogP contribution in [0.25, 0.3) is 0 Å². The molecule has 4 nitrogen and oxygen atoms in total. The van der Waals surface area contributed by atoms with Gasteiger partial charge < -0.3 is 10.4 Å². The first-order valence-corrected chi connectivity index (χ1v) is 5.47. The Kier molecular flexibility index (Phi) is 3.85. The predicted octanol–water partition coefficient (Wildman–Crippen LogP) is 1.44. The number of aliphatic carboxylic acids is 1. The van der Waals surface area contributed by atoms with Crippen LogP contribution in [-0.2, 0) is 9.59 Å². The second-order valence-corrected chi connectivity index (χ2v) is 4.28. The van der Waals surface area contributed by atoms with Crippen molar-refractivity contribution in [1.29, 1.82) is 0 Å². The Bertz CT molecular complexity index is 348. The fraction of sp³-hybridized carbons (Fsp3) is 0.400. The van der Waals surface area contributed by atoms with Crippen LogP contribution in [0.5, 0.6) is 0 Å². The molecule has 0 aliphatic carbocycles. The number of hydrogen-bond donors (Lipinski definition) is 2. The molecule has 82 valence electrons. The number of carbonyl (C=O) groups excluding carboxylic acids is 1.